The molecule has 0 aliphatic carbocycles. The fraction of sp³-hybridized carbons (Fsp3) is 0.188. The zero-order valence-electron chi connectivity index (χ0n) is 11.3. The molecular weight excluding hydrogens is 256 g/mol. The second-order valence-electron chi connectivity index (χ2n) is 4.62. The summed E-state index contributed by atoms with van der Waals surface area (Å²) < 4.78 is 16.1. The van der Waals surface area contributed by atoms with Gasteiger partial charge in [-0.2, -0.15) is 0 Å². The van der Waals surface area contributed by atoms with E-state index in [1.807, 2.05) is 24.3 Å². The number of hydrogen-bond donors (Lipinski definition) is 0. The third-order valence-electron chi connectivity index (χ3n) is 3.18. The van der Waals surface area contributed by atoms with E-state index in [-0.39, 0.29) is 5.97 Å². The first-order valence-electron chi connectivity index (χ1n) is 6.32. The molecule has 1 aliphatic rings. The lowest BCUT2D eigenvalue weighted by Crippen LogP contribution is -2.05. The van der Waals surface area contributed by atoms with E-state index in [1.165, 1.54) is 6.92 Å². The lowest BCUT2D eigenvalue weighted by molar-refractivity contribution is -0.131. The quantitative estimate of drug-likeness (QED) is 0.529. The molecule has 102 valence electrons. The molecule has 0 amide bonds. The second kappa shape index (κ2) is 4.89. The van der Waals surface area contributed by atoms with Crippen molar-refractivity contribution in [2.45, 2.75) is 13.3 Å². The Balaban J connectivity index is 1.94. The molecule has 0 saturated heterocycles. The van der Waals surface area contributed by atoms with Crippen molar-refractivity contribution in [1.29, 1.82) is 0 Å². The molecule has 0 saturated carbocycles. The van der Waals surface area contributed by atoms with Gasteiger partial charge in [-0.15, -0.1) is 0 Å². The van der Waals surface area contributed by atoms with Gasteiger partial charge in [-0.1, -0.05) is 12.1 Å². The van der Waals surface area contributed by atoms with Crippen molar-refractivity contribution in [3.8, 4) is 23.0 Å². The van der Waals surface area contributed by atoms with Crippen LogP contribution in [-0.2, 0) is 11.2 Å². The average Bonchev–Trinajstić information content (AvgIpc) is 2.43. The summed E-state index contributed by atoms with van der Waals surface area (Å²) in [6.07, 6.45) is 0.787. The zero-order chi connectivity index (χ0) is 14.1. The highest BCUT2D eigenvalue weighted by atomic mass is 16.5. The predicted octanol–water partition coefficient (Wildman–Crippen LogP) is 3.32. The van der Waals surface area contributed by atoms with Gasteiger partial charge in [0, 0.05) is 25.5 Å². The van der Waals surface area contributed by atoms with E-state index in [1.54, 1.807) is 19.2 Å². The summed E-state index contributed by atoms with van der Waals surface area (Å²) in [7, 11) is 1.62. The summed E-state index contributed by atoms with van der Waals surface area (Å²) in [4.78, 5) is 11.0. The van der Waals surface area contributed by atoms with Gasteiger partial charge in [0.15, 0.2) is 0 Å². The van der Waals surface area contributed by atoms with E-state index in [9.17, 15) is 4.79 Å². The molecule has 2 aromatic carbocycles. The Morgan fingerprint density at radius 3 is 2.25 bits per heavy atom. The third-order valence-corrected chi connectivity index (χ3v) is 3.18. The van der Waals surface area contributed by atoms with E-state index < -0.39 is 0 Å². The minimum absolute atomic E-state index is 0.345. The second-order valence-corrected chi connectivity index (χ2v) is 4.62. The SMILES string of the molecule is COc1ccc2c(c1)Oc1cc(OC(C)=O)ccc1C2. The van der Waals surface area contributed by atoms with Crippen molar-refractivity contribution < 1.29 is 19.0 Å². The van der Waals surface area contributed by atoms with Crippen LogP contribution in [0.2, 0.25) is 0 Å². The molecule has 20 heavy (non-hydrogen) atoms. The van der Waals surface area contributed by atoms with Crippen LogP contribution in [0.3, 0.4) is 0 Å². The Labute approximate surface area is 116 Å². The van der Waals surface area contributed by atoms with Gasteiger partial charge in [0.2, 0.25) is 0 Å². The monoisotopic (exact) mass is 270 g/mol. The molecule has 0 spiro atoms. The van der Waals surface area contributed by atoms with Gasteiger partial charge in [0.1, 0.15) is 23.0 Å². The molecule has 1 aliphatic heterocycles. The van der Waals surface area contributed by atoms with E-state index >= 15 is 0 Å². The number of benzene rings is 2. The fourth-order valence-corrected chi connectivity index (χ4v) is 2.23. The lowest BCUT2D eigenvalue weighted by Gasteiger charge is -2.21. The molecule has 0 fully saturated rings. The number of methoxy groups -OCH3 is 1. The number of carbonyl (C=O) groups is 1. The van der Waals surface area contributed by atoms with Gasteiger partial charge in [-0.05, 0) is 23.3 Å². The van der Waals surface area contributed by atoms with E-state index in [0.29, 0.717) is 11.5 Å². The summed E-state index contributed by atoms with van der Waals surface area (Å²) >= 11 is 0. The first kappa shape index (κ1) is 12.5. The molecule has 4 heteroatoms. The Hall–Kier alpha value is -2.49. The van der Waals surface area contributed by atoms with Gasteiger partial charge in [-0.3, -0.25) is 4.79 Å². The van der Waals surface area contributed by atoms with Gasteiger partial charge in [-0.25, -0.2) is 0 Å². The van der Waals surface area contributed by atoms with Crippen LogP contribution in [-0.4, -0.2) is 13.1 Å². The van der Waals surface area contributed by atoms with Crippen LogP contribution in [0, 0.1) is 0 Å². The van der Waals surface area contributed by atoms with Crippen LogP contribution in [0.25, 0.3) is 0 Å². The van der Waals surface area contributed by atoms with Crippen LogP contribution in [0.1, 0.15) is 18.1 Å². The van der Waals surface area contributed by atoms with E-state index in [2.05, 4.69) is 0 Å². The van der Waals surface area contributed by atoms with E-state index in [4.69, 9.17) is 14.2 Å². The number of fused-ring (bicyclic) bond motifs is 2. The van der Waals surface area contributed by atoms with Gasteiger partial charge in [0.05, 0.1) is 7.11 Å². The molecule has 1 heterocycles. The smallest absolute Gasteiger partial charge is 0.308 e. The number of hydrogen-bond acceptors (Lipinski definition) is 4. The van der Waals surface area contributed by atoms with Gasteiger partial charge in [0.25, 0.3) is 0 Å². The average molecular weight is 270 g/mol. The number of rotatable bonds is 2. The largest absolute Gasteiger partial charge is 0.497 e. The maximum atomic E-state index is 11.0. The normalized spacial score (nSPS) is 11.9. The Morgan fingerprint density at radius 1 is 1.05 bits per heavy atom. The van der Waals surface area contributed by atoms with Crippen molar-refractivity contribution in [2.75, 3.05) is 7.11 Å². The fourth-order valence-electron chi connectivity index (χ4n) is 2.23. The minimum Gasteiger partial charge on any atom is -0.497 e. The van der Waals surface area contributed by atoms with Crippen LogP contribution in [0.4, 0.5) is 0 Å². The predicted molar refractivity (Wildman–Crippen MR) is 73.6 cm³/mol. The maximum Gasteiger partial charge on any atom is 0.308 e. The molecule has 2 aromatic rings. The van der Waals surface area contributed by atoms with Crippen LogP contribution >= 0.6 is 0 Å². The summed E-state index contributed by atoms with van der Waals surface area (Å²) in [6, 6.07) is 11.2. The molecular formula is C16H14O4. The van der Waals surface area contributed by atoms with Gasteiger partial charge < -0.3 is 14.2 Å². The Kier molecular flexibility index (Phi) is 3.06. The van der Waals surface area contributed by atoms with E-state index in [0.717, 1.165) is 29.0 Å². The van der Waals surface area contributed by atoms with Crippen molar-refractivity contribution in [1.82, 2.24) is 0 Å². The van der Waals surface area contributed by atoms with Crippen LogP contribution in [0.5, 0.6) is 23.0 Å². The van der Waals surface area contributed by atoms with Crippen LogP contribution in [0.15, 0.2) is 36.4 Å². The Morgan fingerprint density at radius 2 is 1.65 bits per heavy atom. The number of carbonyl (C=O) groups excluding carboxylic acids is 1. The first-order valence-corrected chi connectivity index (χ1v) is 6.32. The van der Waals surface area contributed by atoms with Crippen molar-refractivity contribution in [3.05, 3.63) is 47.5 Å². The number of esters is 1. The molecule has 0 N–H and O–H groups in total. The topological polar surface area (TPSA) is 44.8 Å². The summed E-state index contributed by atoms with van der Waals surface area (Å²) in [5.74, 6) is 2.38. The summed E-state index contributed by atoms with van der Waals surface area (Å²) in [5.41, 5.74) is 2.18. The molecule has 0 atom stereocenters. The van der Waals surface area contributed by atoms with Crippen molar-refractivity contribution >= 4 is 5.97 Å². The summed E-state index contributed by atoms with van der Waals surface area (Å²) in [5, 5.41) is 0. The molecule has 0 aromatic heterocycles. The zero-order valence-corrected chi connectivity index (χ0v) is 11.3. The van der Waals surface area contributed by atoms with Crippen molar-refractivity contribution in [3.63, 3.8) is 0 Å². The maximum absolute atomic E-state index is 11.0. The molecule has 0 radical (unpaired) electrons. The van der Waals surface area contributed by atoms with Crippen LogP contribution < -0.4 is 14.2 Å². The Bertz CT molecular complexity index is 676. The minimum atomic E-state index is -0.345. The summed E-state index contributed by atoms with van der Waals surface area (Å²) in [6.45, 7) is 1.38. The molecule has 4 nitrogen and oxygen atoms in total. The highest BCUT2D eigenvalue weighted by molar-refractivity contribution is 5.69. The molecule has 0 unspecified atom stereocenters. The lowest BCUT2D eigenvalue weighted by atomic mass is 10.00. The third kappa shape index (κ3) is 2.32. The first-order chi connectivity index (χ1) is 9.65. The highest BCUT2D eigenvalue weighted by Gasteiger charge is 2.18. The van der Waals surface area contributed by atoms with Gasteiger partial charge >= 0.3 is 5.97 Å². The molecule has 0 bridgehead atoms. The highest BCUT2D eigenvalue weighted by Crippen LogP contribution is 2.39. The standard InChI is InChI=1S/C16H14O4/c1-10(17)19-14-6-4-12-7-11-3-5-13(18-2)8-15(11)20-16(12)9-14/h3-6,8-9H,7H2,1-2H3. The van der Waals surface area contributed by atoms with Crippen molar-refractivity contribution in [2.24, 2.45) is 0 Å². The number of ether oxygens (including phenoxy) is 3. The molecule has 3 rings (SSSR count).